The van der Waals surface area contributed by atoms with Gasteiger partial charge in [0.15, 0.2) is 0 Å². The highest BCUT2D eigenvalue weighted by Gasteiger charge is 2.37. The summed E-state index contributed by atoms with van der Waals surface area (Å²) in [6.45, 7) is 1.28. The minimum atomic E-state index is -2.20. The second-order valence-corrected chi connectivity index (χ2v) is 3.56. The lowest BCUT2D eigenvalue weighted by molar-refractivity contribution is -0.136. The SMILES string of the molecule is CCC(C(=O)O)[P+](=O)OCCO. The first-order valence-electron chi connectivity index (χ1n) is 3.56. The number of carbonyl (C=O) groups is 1. The van der Waals surface area contributed by atoms with E-state index in [2.05, 4.69) is 4.52 Å². The molecule has 0 saturated carbocycles. The van der Waals surface area contributed by atoms with Gasteiger partial charge in [0, 0.05) is 6.42 Å². The predicted octanol–water partition coefficient (Wildman–Crippen LogP) is 0.601. The monoisotopic (exact) mass is 195 g/mol. The molecule has 0 aliphatic heterocycles. The van der Waals surface area contributed by atoms with Crippen molar-refractivity contribution in [1.29, 1.82) is 0 Å². The van der Waals surface area contributed by atoms with Crippen LogP contribution in [0, 0.1) is 0 Å². The maximum Gasteiger partial charge on any atom is 0.523 e. The Morgan fingerprint density at radius 2 is 2.25 bits per heavy atom. The maximum atomic E-state index is 11.0. The average molecular weight is 195 g/mol. The van der Waals surface area contributed by atoms with Gasteiger partial charge in [-0.15, -0.1) is 4.52 Å². The Labute approximate surface area is 71.2 Å². The van der Waals surface area contributed by atoms with Gasteiger partial charge < -0.3 is 10.2 Å². The standard InChI is InChI=1S/C6H11O5P/c1-2-5(6(8)9)12(10)11-4-3-7/h5,7H,2-4H2,1H3/p+1. The van der Waals surface area contributed by atoms with Crippen LogP contribution in [0.1, 0.15) is 13.3 Å². The van der Waals surface area contributed by atoms with Crippen LogP contribution >= 0.6 is 8.03 Å². The lowest BCUT2D eigenvalue weighted by Gasteiger charge is -1.95. The van der Waals surface area contributed by atoms with Gasteiger partial charge in [-0.3, -0.25) is 0 Å². The summed E-state index contributed by atoms with van der Waals surface area (Å²) in [5.41, 5.74) is -0.966. The molecule has 6 heteroatoms. The number of hydrogen-bond donors (Lipinski definition) is 2. The predicted molar refractivity (Wildman–Crippen MR) is 42.4 cm³/mol. The highest BCUT2D eigenvalue weighted by atomic mass is 31.1. The van der Waals surface area contributed by atoms with Crippen LogP contribution in [0.25, 0.3) is 0 Å². The molecule has 0 spiro atoms. The molecule has 0 fully saturated rings. The Bertz CT molecular complexity index is 169. The number of hydrogen-bond acceptors (Lipinski definition) is 4. The molecule has 70 valence electrons. The average Bonchev–Trinajstić information content (AvgIpc) is 2.01. The largest absolute Gasteiger partial charge is 0.523 e. The Kier molecular flexibility index (Phi) is 5.80. The van der Waals surface area contributed by atoms with E-state index < -0.39 is 19.7 Å². The van der Waals surface area contributed by atoms with Gasteiger partial charge in [0.1, 0.15) is 6.61 Å². The van der Waals surface area contributed by atoms with Crippen molar-refractivity contribution in [3.63, 3.8) is 0 Å². The van der Waals surface area contributed by atoms with Crippen LogP contribution in [-0.4, -0.2) is 35.1 Å². The Morgan fingerprint density at radius 1 is 1.67 bits per heavy atom. The summed E-state index contributed by atoms with van der Waals surface area (Å²) in [4.78, 5) is 10.4. The molecule has 0 radical (unpaired) electrons. The molecule has 0 aromatic rings. The van der Waals surface area contributed by atoms with Crippen LogP contribution in [-0.2, 0) is 13.9 Å². The van der Waals surface area contributed by atoms with Crippen LogP contribution in [0.3, 0.4) is 0 Å². The number of carboxylic acid groups (broad SMARTS) is 1. The van der Waals surface area contributed by atoms with Crippen molar-refractivity contribution in [2.75, 3.05) is 13.2 Å². The molecule has 0 rings (SSSR count). The van der Waals surface area contributed by atoms with Crippen molar-refractivity contribution < 1.29 is 24.1 Å². The fourth-order valence-corrected chi connectivity index (χ4v) is 1.55. The highest BCUT2D eigenvalue weighted by Crippen LogP contribution is 2.31. The molecule has 0 aliphatic rings. The molecule has 5 nitrogen and oxygen atoms in total. The molecule has 0 aromatic heterocycles. The summed E-state index contributed by atoms with van der Waals surface area (Å²) in [6.07, 6.45) is 0.260. The summed E-state index contributed by atoms with van der Waals surface area (Å²) in [5.74, 6) is -1.13. The summed E-state index contributed by atoms with van der Waals surface area (Å²) in [7, 11) is -2.20. The smallest absolute Gasteiger partial charge is 0.478 e. The molecule has 2 atom stereocenters. The first kappa shape index (κ1) is 11.5. The molecule has 2 unspecified atom stereocenters. The minimum Gasteiger partial charge on any atom is -0.478 e. The van der Waals surface area contributed by atoms with Crippen LogP contribution in [0.4, 0.5) is 0 Å². The van der Waals surface area contributed by atoms with Crippen molar-refractivity contribution >= 4 is 14.0 Å². The molecular weight excluding hydrogens is 183 g/mol. The number of aliphatic hydroxyl groups is 1. The molecule has 0 aromatic carbocycles. The lowest BCUT2D eigenvalue weighted by Crippen LogP contribution is -2.16. The molecule has 0 aliphatic carbocycles. The van der Waals surface area contributed by atoms with E-state index in [1.54, 1.807) is 6.92 Å². The van der Waals surface area contributed by atoms with Crippen molar-refractivity contribution in [3.05, 3.63) is 0 Å². The first-order chi connectivity index (χ1) is 5.63. The van der Waals surface area contributed by atoms with Crippen molar-refractivity contribution in [2.45, 2.75) is 19.0 Å². The zero-order chi connectivity index (χ0) is 9.56. The second kappa shape index (κ2) is 6.06. The van der Waals surface area contributed by atoms with Crippen LogP contribution in [0.2, 0.25) is 0 Å². The quantitative estimate of drug-likeness (QED) is 0.606. The maximum absolute atomic E-state index is 11.0. The van der Waals surface area contributed by atoms with E-state index in [9.17, 15) is 9.36 Å². The molecule has 12 heavy (non-hydrogen) atoms. The van der Waals surface area contributed by atoms with Gasteiger partial charge in [0.05, 0.1) is 6.61 Å². The Balaban J connectivity index is 3.95. The van der Waals surface area contributed by atoms with Crippen molar-refractivity contribution in [3.8, 4) is 0 Å². The topological polar surface area (TPSA) is 83.8 Å². The van der Waals surface area contributed by atoms with E-state index in [4.69, 9.17) is 10.2 Å². The van der Waals surface area contributed by atoms with Crippen LogP contribution in [0.15, 0.2) is 0 Å². The van der Waals surface area contributed by atoms with Crippen LogP contribution in [0.5, 0.6) is 0 Å². The number of rotatable bonds is 6. The zero-order valence-corrected chi connectivity index (χ0v) is 7.66. The number of aliphatic hydroxyl groups excluding tert-OH is 1. The van der Waals surface area contributed by atoms with E-state index in [1.165, 1.54) is 0 Å². The van der Waals surface area contributed by atoms with Gasteiger partial charge >= 0.3 is 14.0 Å². The highest BCUT2D eigenvalue weighted by molar-refractivity contribution is 7.41. The van der Waals surface area contributed by atoms with Gasteiger partial charge in [-0.1, -0.05) is 6.92 Å². The zero-order valence-electron chi connectivity index (χ0n) is 6.77. The van der Waals surface area contributed by atoms with Crippen molar-refractivity contribution in [1.82, 2.24) is 0 Å². The van der Waals surface area contributed by atoms with Gasteiger partial charge in [-0.25, -0.2) is 4.79 Å². The van der Waals surface area contributed by atoms with Gasteiger partial charge in [0.25, 0.3) is 5.66 Å². The normalized spacial score (nSPS) is 14.0. The first-order valence-corrected chi connectivity index (χ1v) is 4.81. The number of carboxylic acids is 1. The van der Waals surface area contributed by atoms with Crippen LogP contribution < -0.4 is 0 Å². The van der Waals surface area contributed by atoms with Gasteiger partial charge in [0.2, 0.25) is 0 Å². The molecule has 0 saturated heterocycles. The van der Waals surface area contributed by atoms with Gasteiger partial charge in [-0.05, 0) is 4.57 Å². The Morgan fingerprint density at radius 3 is 2.58 bits per heavy atom. The lowest BCUT2D eigenvalue weighted by atomic mass is 10.3. The molecule has 2 N–H and O–H groups in total. The summed E-state index contributed by atoms with van der Waals surface area (Å²) < 4.78 is 15.6. The summed E-state index contributed by atoms with van der Waals surface area (Å²) in [5, 5.41) is 16.8. The number of aliphatic carboxylic acids is 1. The minimum absolute atomic E-state index is 0.0843. The van der Waals surface area contributed by atoms with E-state index in [0.717, 1.165) is 0 Å². The Hall–Kier alpha value is -0.510. The molecular formula is C6H12O5P+. The second-order valence-electron chi connectivity index (χ2n) is 2.10. The van der Waals surface area contributed by atoms with E-state index in [-0.39, 0.29) is 19.6 Å². The fraction of sp³-hybridized carbons (Fsp3) is 0.833. The van der Waals surface area contributed by atoms with Crippen molar-refractivity contribution in [2.24, 2.45) is 0 Å². The summed E-state index contributed by atoms with van der Waals surface area (Å²) >= 11 is 0. The molecule has 0 bridgehead atoms. The third-order valence-corrected chi connectivity index (χ3v) is 2.77. The third kappa shape index (κ3) is 3.76. The van der Waals surface area contributed by atoms with E-state index in [0.29, 0.717) is 0 Å². The fourth-order valence-electron chi connectivity index (χ4n) is 0.635. The van der Waals surface area contributed by atoms with Gasteiger partial charge in [-0.2, -0.15) is 0 Å². The molecule has 0 amide bonds. The summed E-state index contributed by atoms with van der Waals surface area (Å²) in [6, 6.07) is 0. The van der Waals surface area contributed by atoms with E-state index in [1.807, 2.05) is 0 Å². The third-order valence-electron chi connectivity index (χ3n) is 1.24. The van der Waals surface area contributed by atoms with E-state index >= 15 is 0 Å². The molecule has 0 heterocycles.